The topological polar surface area (TPSA) is 95.9 Å². The largest absolute Gasteiger partial charge is 0.367 e. The lowest BCUT2D eigenvalue weighted by molar-refractivity contribution is 0.232. The van der Waals surface area contributed by atoms with Crippen molar-refractivity contribution in [1.82, 2.24) is 10.5 Å². The van der Waals surface area contributed by atoms with Crippen LogP contribution in [-0.2, 0) is 0 Å². The highest BCUT2D eigenvalue weighted by molar-refractivity contribution is 5.85. The zero-order valence-electron chi connectivity index (χ0n) is 8.91. The molecule has 2 rings (SSSR count). The zero-order chi connectivity index (χ0) is 12.1. The third kappa shape index (κ3) is 2.76. The summed E-state index contributed by atoms with van der Waals surface area (Å²) in [6.45, 7) is 0. The Bertz CT molecular complexity index is 579. The quantitative estimate of drug-likeness (QED) is 0.404. The number of rotatable bonds is 2. The monoisotopic (exact) mass is 229 g/mol. The van der Waals surface area contributed by atoms with E-state index >= 15 is 0 Å². The van der Waals surface area contributed by atoms with Crippen LogP contribution in [0.2, 0.25) is 0 Å². The fourth-order valence-corrected chi connectivity index (χ4v) is 1.33. The van der Waals surface area contributed by atoms with E-state index in [4.69, 9.17) is 10.9 Å². The van der Waals surface area contributed by atoms with E-state index in [9.17, 15) is 0 Å². The maximum absolute atomic E-state index is 8.38. The van der Waals surface area contributed by atoms with Crippen molar-refractivity contribution in [1.29, 1.82) is 0 Å². The van der Waals surface area contributed by atoms with Crippen molar-refractivity contribution in [2.24, 2.45) is 15.9 Å². The van der Waals surface area contributed by atoms with Gasteiger partial charge in [0.2, 0.25) is 5.96 Å². The molecule has 0 spiro atoms. The number of fused-ring (bicyclic) bond motifs is 1. The minimum absolute atomic E-state index is 0.179. The van der Waals surface area contributed by atoms with Gasteiger partial charge in [0.05, 0.1) is 17.4 Å². The Morgan fingerprint density at radius 2 is 2.12 bits per heavy atom. The first-order chi connectivity index (χ1) is 8.29. The van der Waals surface area contributed by atoms with E-state index in [1.165, 1.54) is 6.21 Å². The standard InChI is InChI=1S/C11H11N5O/c12-11(16-17)15-13-7-9-6-5-8-3-1-2-4-10(8)14-9/h1-7,17H,(H3,12,15,16)/b13-7-. The molecule has 17 heavy (non-hydrogen) atoms. The lowest BCUT2D eigenvalue weighted by atomic mass is 10.2. The fourth-order valence-electron chi connectivity index (χ4n) is 1.33. The van der Waals surface area contributed by atoms with Crippen LogP contribution in [-0.4, -0.2) is 22.4 Å². The molecule has 0 saturated carbocycles. The number of nitrogens with one attached hydrogen (secondary N) is 1. The van der Waals surface area contributed by atoms with Crippen molar-refractivity contribution in [2.75, 3.05) is 0 Å². The summed E-state index contributed by atoms with van der Waals surface area (Å²) in [6, 6.07) is 11.5. The molecule has 0 aliphatic heterocycles. The molecular formula is C11H11N5O. The number of benzene rings is 1. The molecule has 6 heteroatoms. The molecule has 6 nitrogen and oxygen atoms in total. The number of hydroxylamine groups is 1. The van der Waals surface area contributed by atoms with Gasteiger partial charge in [-0.3, -0.25) is 5.21 Å². The number of nitrogens with zero attached hydrogens (tertiary/aromatic N) is 3. The molecule has 0 aliphatic rings. The van der Waals surface area contributed by atoms with E-state index in [0.29, 0.717) is 5.69 Å². The van der Waals surface area contributed by atoms with Gasteiger partial charge in [-0.15, -0.1) is 5.10 Å². The first-order valence-electron chi connectivity index (χ1n) is 4.92. The molecular weight excluding hydrogens is 218 g/mol. The number of hydrogen-bond acceptors (Lipinski definition) is 4. The lowest BCUT2D eigenvalue weighted by Gasteiger charge is -1.97. The van der Waals surface area contributed by atoms with Crippen molar-refractivity contribution in [3.8, 4) is 0 Å². The molecule has 86 valence electrons. The second-order valence-corrected chi connectivity index (χ2v) is 3.27. The van der Waals surface area contributed by atoms with Gasteiger partial charge >= 0.3 is 0 Å². The number of pyridine rings is 1. The smallest absolute Gasteiger partial charge is 0.237 e. The molecule has 0 aliphatic carbocycles. The van der Waals surface area contributed by atoms with Crippen LogP contribution in [0.1, 0.15) is 5.69 Å². The van der Waals surface area contributed by atoms with E-state index in [0.717, 1.165) is 10.9 Å². The predicted octanol–water partition coefficient (Wildman–Crippen LogP) is 0.862. The van der Waals surface area contributed by atoms with Crippen LogP contribution in [0.25, 0.3) is 10.9 Å². The van der Waals surface area contributed by atoms with Gasteiger partial charge in [0.1, 0.15) is 0 Å². The summed E-state index contributed by atoms with van der Waals surface area (Å²) in [5, 5.41) is 16.6. The van der Waals surface area contributed by atoms with Crippen molar-refractivity contribution in [3.63, 3.8) is 0 Å². The molecule has 1 heterocycles. The predicted molar refractivity (Wildman–Crippen MR) is 65.9 cm³/mol. The van der Waals surface area contributed by atoms with Gasteiger partial charge in [-0.1, -0.05) is 24.3 Å². The van der Waals surface area contributed by atoms with Crippen molar-refractivity contribution >= 4 is 23.1 Å². The summed E-state index contributed by atoms with van der Waals surface area (Å²) in [5.41, 5.74) is 8.40. The maximum Gasteiger partial charge on any atom is 0.237 e. The Hall–Kier alpha value is -2.47. The number of aromatic nitrogens is 1. The van der Waals surface area contributed by atoms with E-state index < -0.39 is 0 Å². The molecule has 0 atom stereocenters. The lowest BCUT2D eigenvalue weighted by Crippen LogP contribution is -2.27. The van der Waals surface area contributed by atoms with E-state index in [2.05, 4.69) is 15.2 Å². The number of hydrogen-bond donors (Lipinski definition) is 3. The van der Waals surface area contributed by atoms with Gasteiger partial charge in [0.15, 0.2) is 0 Å². The molecule has 0 fully saturated rings. The Labute approximate surface area is 97.5 Å². The van der Waals surface area contributed by atoms with Crippen LogP contribution in [0.5, 0.6) is 0 Å². The highest BCUT2D eigenvalue weighted by atomic mass is 16.5. The highest BCUT2D eigenvalue weighted by Gasteiger charge is 1.94. The van der Waals surface area contributed by atoms with Crippen LogP contribution in [0.4, 0.5) is 0 Å². The van der Waals surface area contributed by atoms with Gasteiger partial charge in [0, 0.05) is 5.39 Å². The normalized spacial score (nSPS) is 12.2. The zero-order valence-corrected chi connectivity index (χ0v) is 8.91. The van der Waals surface area contributed by atoms with Crippen LogP contribution in [0, 0.1) is 0 Å². The Kier molecular flexibility index (Phi) is 3.27. The highest BCUT2D eigenvalue weighted by Crippen LogP contribution is 2.10. The molecule has 0 radical (unpaired) electrons. The number of para-hydroxylation sites is 1. The molecule has 0 unspecified atom stereocenters. The fraction of sp³-hybridized carbons (Fsp3) is 0. The molecule has 0 amide bonds. The van der Waals surface area contributed by atoms with Gasteiger partial charge in [-0.05, 0) is 12.1 Å². The minimum atomic E-state index is -0.179. The van der Waals surface area contributed by atoms with Crippen molar-refractivity contribution in [3.05, 3.63) is 42.1 Å². The molecule has 1 aromatic carbocycles. The average Bonchev–Trinajstić information content (AvgIpc) is 2.38. The first kappa shape index (κ1) is 11.0. The van der Waals surface area contributed by atoms with Crippen LogP contribution < -0.4 is 11.2 Å². The third-order valence-corrected chi connectivity index (χ3v) is 2.09. The SMILES string of the molecule is NC(=N/N=C\c1ccc2ccccc2n1)NO. The molecule has 4 N–H and O–H groups in total. The summed E-state index contributed by atoms with van der Waals surface area (Å²) >= 11 is 0. The van der Waals surface area contributed by atoms with Crippen molar-refractivity contribution < 1.29 is 5.21 Å². The summed E-state index contributed by atoms with van der Waals surface area (Å²) < 4.78 is 0. The Morgan fingerprint density at radius 1 is 1.29 bits per heavy atom. The van der Waals surface area contributed by atoms with Crippen LogP contribution in [0.15, 0.2) is 46.6 Å². The summed E-state index contributed by atoms with van der Waals surface area (Å²) in [4.78, 5) is 4.36. The van der Waals surface area contributed by atoms with Gasteiger partial charge in [-0.25, -0.2) is 10.5 Å². The number of guanidine groups is 1. The summed E-state index contributed by atoms with van der Waals surface area (Å²) in [5.74, 6) is -0.179. The van der Waals surface area contributed by atoms with Crippen LogP contribution in [0.3, 0.4) is 0 Å². The maximum atomic E-state index is 8.38. The van der Waals surface area contributed by atoms with E-state index in [1.54, 1.807) is 5.48 Å². The molecule has 2 aromatic rings. The van der Waals surface area contributed by atoms with Crippen molar-refractivity contribution in [2.45, 2.75) is 0 Å². The summed E-state index contributed by atoms with van der Waals surface area (Å²) in [7, 11) is 0. The molecule has 0 saturated heterocycles. The third-order valence-electron chi connectivity index (χ3n) is 2.09. The Morgan fingerprint density at radius 3 is 2.94 bits per heavy atom. The second-order valence-electron chi connectivity index (χ2n) is 3.27. The van der Waals surface area contributed by atoms with Crippen LogP contribution >= 0.6 is 0 Å². The number of nitrogens with two attached hydrogens (primary N) is 1. The summed E-state index contributed by atoms with van der Waals surface area (Å²) in [6.07, 6.45) is 1.46. The van der Waals surface area contributed by atoms with E-state index in [1.807, 2.05) is 36.4 Å². The van der Waals surface area contributed by atoms with Gasteiger partial charge in [-0.2, -0.15) is 5.10 Å². The second kappa shape index (κ2) is 5.04. The first-order valence-corrected chi connectivity index (χ1v) is 4.92. The molecule has 0 bridgehead atoms. The van der Waals surface area contributed by atoms with Gasteiger partial charge in [0.25, 0.3) is 0 Å². The molecule has 1 aromatic heterocycles. The Balaban J connectivity index is 2.25. The van der Waals surface area contributed by atoms with Gasteiger partial charge < -0.3 is 5.73 Å². The minimum Gasteiger partial charge on any atom is -0.367 e. The van der Waals surface area contributed by atoms with E-state index in [-0.39, 0.29) is 5.96 Å². The average molecular weight is 229 g/mol.